The number of esters is 1. The van der Waals surface area contributed by atoms with Crippen LogP contribution >= 0.6 is 22.6 Å². The Morgan fingerprint density at radius 1 is 1.33 bits per heavy atom. The molecule has 1 aromatic heterocycles. The van der Waals surface area contributed by atoms with Crippen molar-refractivity contribution in [3.8, 4) is 0 Å². The summed E-state index contributed by atoms with van der Waals surface area (Å²) in [6.07, 6.45) is 0. The third-order valence-electron chi connectivity index (χ3n) is 4.88. The van der Waals surface area contributed by atoms with Gasteiger partial charge >= 0.3 is 5.97 Å². The summed E-state index contributed by atoms with van der Waals surface area (Å²) in [5.74, 6) is -1.52. The molecule has 11 heteroatoms. The van der Waals surface area contributed by atoms with E-state index in [0.29, 0.717) is 3.57 Å². The number of likely N-dealkylation sites (tertiary alicyclic amines) is 1. The Bertz CT molecular complexity index is 1070. The molecule has 0 aliphatic carbocycles. The Balaban J connectivity index is 1.90. The highest BCUT2D eigenvalue weighted by molar-refractivity contribution is 14.1. The molecule has 0 saturated carbocycles. The molecule has 0 spiro atoms. The van der Waals surface area contributed by atoms with Crippen molar-refractivity contribution in [2.75, 3.05) is 18.4 Å². The van der Waals surface area contributed by atoms with Crippen molar-refractivity contribution in [1.29, 1.82) is 0 Å². The van der Waals surface area contributed by atoms with Crippen molar-refractivity contribution >= 4 is 45.8 Å². The molecule has 1 atom stereocenters. The molecule has 1 aliphatic heterocycles. The summed E-state index contributed by atoms with van der Waals surface area (Å²) in [6.45, 7) is 3.15. The van der Waals surface area contributed by atoms with E-state index in [1.807, 2.05) is 22.6 Å². The Morgan fingerprint density at radius 2 is 2.00 bits per heavy atom. The first-order valence-electron chi connectivity index (χ1n) is 9.07. The molecule has 1 saturated heterocycles. The molecule has 1 fully saturated rings. The zero-order valence-electron chi connectivity index (χ0n) is 16.6. The predicted molar refractivity (Wildman–Crippen MR) is 116 cm³/mol. The molecular formula is C19H21FIN5O4. The topological polar surface area (TPSA) is 120 Å². The highest BCUT2D eigenvalue weighted by Crippen LogP contribution is 2.31. The van der Waals surface area contributed by atoms with Crippen molar-refractivity contribution in [2.24, 2.45) is 12.8 Å². The molecule has 1 aliphatic rings. The molecule has 30 heavy (non-hydrogen) atoms. The van der Waals surface area contributed by atoms with Crippen LogP contribution < -0.4 is 16.6 Å². The second kappa shape index (κ2) is 8.30. The van der Waals surface area contributed by atoms with Crippen molar-refractivity contribution in [3.05, 3.63) is 49.7 Å². The normalized spacial score (nSPS) is 15.9. The molecule has 3 N–H and O–H groups in total. The van der Waals surface area contributed by atoms with Crippen LogP contribution in [0.1, 0.15) is 24.3 Å². The quantitative estimate of drug-likeness (QED) is 0.444. The van der Waals surface area contributed by atoms with E-state index in [9.17, 15) is 18.8 Å². The fraction of sp³-hybridized carbons (Fsp3) is 0.368. The van der Waals surface area contributed by atoms with Gasteiger partial charge in [0, 0.05) is 29.6 Å². The van der Waals surface area contributed by atoms with E-state index in [0.717, 1.165) is 4.68 Å². The molecule has 1 amide bonds. The fourth-order valence-electron chi connectivity index (χ4n) is 3.15. The monoisotopic (exact) mass is 529 g/mol. The van der Waals surface area contributed by atoms with E-state index < -0.39 is 34.9 Å². The fourth-order valence-corrected chi connectivity index (χ4v) is 3.61. The molecular weight excluding hydrogens is 508 g/mol. The Kier molecular flexibility index (Phi) is 6.13. The number of hydrogen-bond acceptors (Lipinski definition) is 7. The maximum absolute atomic E-state index is 14.3. The molecule has 2 heterocycles. The van der Waals surface area contributed by atoms with Crippen molar-refractivity contribution in [3.63, 3.8) is 0 Å². The van der Waals surface area contributed by atoms with E-state index in [2.05, 4.69) is 10.4 Å². The number of halogens is 2. The predicted octanol–water partition coefficient (Wildman–Crippen LogP) is 1.37. The number of amides is 1. The van der Waals surface area contributed by atoms with Crippen LogP contribution in [-0.2, 0) is 16.6 Å². The Hall–Kier alpha value is -2.54. The highest BCUT2D eigenvalue weighted by atomic mass is 127. The van der Waals surface area contributed by atoms with Crippen molar-refractivity contribution in [2.45, 2.75) is 25.5 Å². The van der Waals surface area contributed by atoms with Crippen LogP contribution in [0.4, 0.5) is 15.8 Å². The lowest BCUT2D eigenvalue weighted by atomic mass is 9.86. The first kappa shape index (κ1) is 22.2. The van der Waals surface area contributed by atoms with Crippen LogP contribution in [0.3, 0.4) is 0 Å². The number of anilines is 2. The van der Waals surface area contributed by atoms with Crippen LogP contribution in [0.2, 0.25) is 0 Å². The lowest BCUT2D eigenvalue weighted by Crippen LogP contribution is -2.71. The molecule has 0 bridgehead atoms. The number of nitrogens with one attached hydrogen (secondary N) is 1. The Morgan fingerprint density at radius 3 is 2.57 bits per heavy atom. The lowest BCUT2D eigenvalue weighted by Gasteiger charge is -2.50. The third kappa shape index (κ3) is 4.31. The summed E-state index contributed by atoms with van der Waals surface area (Å²) in [5, 5.41) is 6.84. The summed E-state index contributed by atoms with van der Waals surface area (Å²) in [7, 11) is 1.41. The van der Waals surface area contributed by atoms with Crippen LogP contribution in [-0.4, -0.2) is 51.3 Å². The van der Waals surface area contributed by atoms with E-state index in [4.69, 9.17) is 10.5 Å². The third-order valence-corrected chi connectivity index (χ3v) is 5.55. The smallest absolute Gasteiger partial charge is 0.303 e. The van der Waals surface area contributed by atoms with E-state index >= 15 is 0 Å². The average Bonchev–Trinajstić information content (AvgIpc) is 2.61. The first-order chi connectivity index (χ1) is 14.0. The second-order valence-electron chi connectivity index (χ2n) is 7.23. The van der Waals surface area contributed by atoms with Gasteiger partial charge in [-0.25, -0.2) is 9.07 Å². The van der Waals surface area contributed by atoms with Gasteiger partial charge in [-0.1, -0.05) is 0 Å². The zero-order valence-corrected chi connectivity index (χ0v) is 18.8. The molecule has 9 nitrogen and oxygen atoms in total. The summed E-state index contributed by atoms with van der Waals surface area (Å²) in [6, 6.07) is 5.21. The maximum Gasteiger partial charge on any atom is 0.303 e. The number of rotatable bonds is 5. The number of ether oxygens (including phenoxy) is 1. The van der Waals surface area contributed by atoms with Crippen LogP contribution in [0.5, 0.6) is 0 Å². The minimum Gasteiger partial charge on any atom is -0.454 e. The van der Waals surface area contributed by atoms with Gasteiger partial charge in [-0.2, -0.15) is 5.10 Å². The largest absolute Gasteiger partial charge is 0.454 e. The molecule has 2 aromatic rings. The molecule has 1 aromatic carbocycles. The standard InChI is InChI=1S/C19H21FIN5O4/c1-10(22)19(30-11(2)27)8-26(9-19)18(29)17-15(7-16(28)25(3)24-17)23-14-5-4-12(21)6-13(14)20/h4-7,10,23H,8-9,22H2,1-3H3. The van der Waals surface area contributed by atoms with Gasteiger partial charge < -0.3 is 20.7 Å². The Labute approximate surface area is 185 Å². The van der Waals surface area contributed by atoms with Gasteiger partial charge in [0.25, 0.3) is 11.5 Å². The minimum absolute atomic E-state index is 0.0591. The summed E-state index contributed by atoms with van der Waals surface area (Å²) in [4.78, 5) is 38.0. The summed E-state index contributed by atoms with van der Waals surface area (Å²) >= 11 is 1.98. The van der Waals surface area contributed by atoms with Crippen LogP contribution in [0.25, 0.3) is 0 Å². The number of carbonyl (C=O) groups excluding carboxylic acids is 2. The first-order valence-corrected chi connectivity index (χ1v) is 10.1. The van der Waals surface area contributed by atoms with Gasteiger partial charge in [0.1, 0.15) is 5.82 Å². The van der Waals surface area contributed by atoms with Gasteiger partial charge in [0.2, 0.25) is 0 Å². The van der Waals surface area contributed by atoms with Crippen LogP contribution in [0.15, 0.2) is 29.1 Å². The summed E-state index contributed by atoms with van der Waals surface area (Å²) in [5.41, 5.74) is 4.64. The number of aromatic nitrogens is 2. The lowest BCUT2D eigenvalue weighted by molar-refractivity contribution is -0.176. The second-order valence-corrected chi connectivity index (χ2v) is 8.47. The van der Waals surface area contributed by atoms with Gasteiger partial charge in [-0.15, -0.1) is 0 Å². The molecule has 0 radical (unpaired) electrons. The van der Waals surface area contributed by atoms with Crippen LogP contribution in [0, 0.1) is 9.39 Å². The SMILES string of the molecule is CC(=O)OC1(C(C)N)CN(C(=O)c2nn(C)c(=O)cc2Nc2ccc(I)cc2F)C1. The van der Waals surface area contributed by atoms with Gasteiger partial charge in [-0.3, -0.25) is 14.4 Å². The van der Waals surface area contributed by atoms with E-state index in [-0.39, 0.29) is 30.2 Å². The van der Waals surface area contributed by atoms with Crippen molar-refractivity contribution < 1.29 is 18.7 Å². The van der Waals surface area contributed by atoms with E-state index in [1.54, 1.807) is 13.0 Å². The zero-order chi connectivity index (χ0) is 22.2. The highest BCUT2D eigenvalue weighted by Gasteiger charge is 2.51. The number of hydrogen-bond donors (Lipinski definition) is 2. The van der Waals surface area contributed by atoms with Gasteiger partial charge in [0.15, 0.2) is 11.3 Å². The minimum atomic E-state index is -0.974. The molecule has 1 unspecified atom stereocenters. The maximum atomic E-state index is 14.3. The number of carbonyl (C=O) groups is 2. The van der Waals surface area contributed by atoms with Gasteiger partial charge in [-0.05, 0) is 47.7 Å². The molecule has 3 rings (SSSR count). The number of aryl methyl sites for hydroxylation is 1. The van der Waals surface area contributed by atoms with Crippen molar-refractivity contribution in [1.82, 2.24) is 14.7 Å². The average molecular weight is 529 g/mol. The number of nitrogens with zero attached hydrogens (tertiary/aromatic N) is 3. The van der Waals surface area contributed by atoms with E-state index in [1.165, 1.54) is 37.1 Å². The number of benzene rings is 1. The summed E-state index contributed by atoms with van der Waals surface area (Å²) < 4.78 is 21.3. The number of nitrogens with two attached hydrogens (primary N) is 1. The molecule has 160 valence electrons. The van der Waals surface area contributed by atoms with Gasteiger partial charge in [0.05, 0.1) is 24.5 Å².